The Morgan fingerprint density at radius 3 is 2.32 bits per heavy atom. The van der Waals surface area contributed by atoms with E-state index in [1.54, 1.807) is 6.07 Å². The quantitative estimate of drug-likeness (QED) is 0.917. The molecule has 0 saturated heterocycles. The molecule has 0 bridgehead atoms. The predicted octanol–water partition coefficient (Wildman–Crippen LogP) is 3.54. The van der Waals surface area contributed by atoms with E-state index >= 15 is 0 Å². The summed E-state index contributed by atoms with van der Waals surface area (Å²) >= 11 is 1.18. The van der Waals surface area contributed by atoms with Gasteiger partial charge in [0.25, 0.3) is 0 Å². The van der Waals surface area contributed by atoms with Gasteiger partial charge in [0, 0.05) is 6.20 Å². The van der Waals surface area contributed by atoms with Gasteiger partial charge in [-0.25, -0.2) is 9.97 Å². The highest BCUT2D eigenvalue weighted by molar-refractivity contribution is 7.99. The van der Waals surface area contributed by atoms with Gasteiger partial charge >= 0.3 is 6.18 Å². The number of hydrogen-bond acceptors (Lipinski definition) is 4. The highest BCUT2D eigenvalue weighted by Crippen LogP contribution is 2.31. The van der Waals surface area contributed by atoms with E-state index in [2.05, 4.69) is 9.97 Å². The first-order valence-corrected chi connectivity index (χ1v) is 6.11. The SMILES string of the molecule is Cc1cc(Sc2ccc(C(F)(F)F)cn2)ncc1N. The maximum atomic E-state index is 12.4. The normalized spacial score (nSPS) is 11.6. The van der Waals surface area contributed by atoms with Gasteiger partial charge in [-0.2, -0.15) is 13.2 Å². The Morgan fingerprint density at radius 1 is 1.11 bits per heavy atom. The summed E-state index contributed by atoms with van der Waals surface area (Å²) < 4.78 is 37.1. The molecule has 0 aliphatic heterocycles. The average molecular weight is 285 g/mol. The number of rotatable bonds is 2. The van der Waals surface area contributed by atoms with Crippen molar-refractivity contribution in [2.45, 2.75) is 23.2 Å². The second-order valence-corrected chi connectivity index (χ2v) is 4.90. The number of nitrogens with two attached hydrogens (primary N) is 1. The van der Waals surface area contributed by atoms with Crippen molar-refractivity contribution in [1.82, 2.24) is 9.97 Å². The van der Waals surface area contributed by atoms with Crippen LogP contribution >= 0.6 is 11.8 Å². The summed E-state index contributed by atoms with van der Waals surface area (Å²) in [4.78, 5) is 7.85. The van der Waals surface area contributed by atoms with Gasteiger partial charge in [-0.3, -0.25) is 0 Å². The lowest BCUT2D eigenvalue weighted by atomic mass is 10.3. The van der Waals surface area contributed by atoms with Crippen molar-refractivity contribution in [3.05, 3.63) is 41.7 Å². The van der Waals surface area contributed by atoms with Crippen LogP contribution < -0.4 is 5.73 Å². The number of halogens is 3. The van der Waals surface area contributed by atoms with Crippen molar-refractivity contribution >= 4 is 17.4 Å². The van der Waals surface area contributed by atoms with E-state index in [4.69, 9.17) is 5.73 Å². The van der Waals surface area contributed by atoms with Crippen LogP contribution in [0.5, 0.6) is 0 Å². The number of nitrogens with zero attached hydrogens (tertiary/aromatic N) is 2. The van der Waals surface area contributed by atoms with E-state index in [1.807, 2.05) is 6.92 Å². The molecule has 0 unspecified atom stereocenters. The van der Waals surface area contributed by atoms with E-state index in [-0.39, 0.29) is 0 Å². The first-order valence-electron chi connectivity index (χ1n) is 5.29. The molecule has 2 heterocycles. The summed E-state index contributed by atoms with van der Waals surface area (Å²) in [6.45, 7) is 1.83. The van der Waals surface area contributed by atoms with Crippen LogP contribution in [0, 0.1) is 6.92 Å². The molecular weight excluding hydrogens is 275 g/mol. The van der Waals surface area contributed by atoms with Gasteiger partial charge in [0.1, 0.15) is 10.1 Å². The van der Waals surface area contributed by atoms with Crippen LogP contribution in [0.25, 0.3) is 0 Å². The summed E-state index contributed by atoms with van der Waals surface area (Å²) in [5, 5.41) is 1.09. The second kappa shape index (κ2) is 5.08. The Labute approximate surface area is 112 Å². The molecule has 0 radical (unpaired) electrons. The molecule has 0 saturated carbocycles. The Hall–Kier alpha value is -1.76. The maximum absolute atomic E-state index is 12.4. The number of alkyl halides is 3. The fourth-order valence-electron chi connectivity index (χ4n) is 1.31. The first-order chi connectivity index (χ1) is 8.86. The molecule has 2 aromatic heterocycles. The molecule has 0 spiro atoms. The lowest BCUT2D eigenvalue weighted by molar-refractivity contribution is -0.137. The smallest absolute Gasteiger partial charge is 0.397 e. The fraction of sp³-hybridized carbons (Fsp3) is 0.167. The van der Waals surface area contributed by atoms with Crippen LogP contribution in [0.1, 0.15) is 11.1 Å². The van der Waals surface area contributed by atoms with E-state index in [0.717, 1.165) is 17.8 Å². The molecule has 0 aromatic carbocycles. The molecule has 19 heavy (non-hydrogen) atoms. The summed E-state index contributed by atoms with van der Waals surface area (Å²) in [5.41, 5.74) is 6.31. The number of pyridine rings is 2. The van der Waals surface area contributed by atoms with Gasteiger partial charge in [0.05, 0.1) is 17.4 Å². The molecule has 0 aliphatic carbocycles. The molecule has 2 N–H and O–H groups in total. The van der Waals surface area contributed by atoms with Crippen LogP contribution in [0.3, 0.4) is 0 Å². The zero-order chi connectivity index (χ0) is 14.0. The summed E-state index contributed by atoms with van der Waals surface area (Å²) in [6.07, 6.45) is -2.04. The predicted molar refractivity (Wildman–Crippen MR) is 66.7 cm³/mol. The minimum Gasteiger partial charge on any atom is -0.397 e. The van der Waals surface area contributed by atoms with Crippen LogP contribution in [0.15, 0.2) is 40.6 Å². The first kappa shape index (κ1) is 13.7. The van der Waals surface area contributed by atoms with Crippen LogP contribution in [-0.2, 0) is 6.18 Å². The number of hydrogen-bond donors (Lipinski definition) is 1. The van der Waals surface area contributed by atoms with Gasteiger partial charge in [0.15, 0.2) is 0 Å². The van der Waals surface area contributed by atoms with Crippen LogP contribution in [-0.4, -0.2) is 9.97 Å². The Kier molecular flexibility index (Phi) is 3.66. The Bertz CT molecular complexity index is 582. The van der Waals surface area contributed by atoms with E-state index in [9.17, 15) is 13.2 Å². The van der Waals surface area contributed by atoms with Gasteiger partial charge < -0.3 is 5.73 Å². The maximum Gasteiger partial charge on any atom is 0.417 e. The fourth-order valence-corrected chi connectivity index (χ4v) is 2.11. The Morgan fingerprint density at radius 2 is 1.79 bits per heavy atom. The zero-order valence-corrected chi connectivity index (χ0v) is 10.7. The lowest BCUT2D eigenvalue weighted by Gasteiger charge is -2.07. The zero-order valence-electron chi connectivity index (χ0n) is 9.90. The third-order valence-corrected chi connectivity index (χ3v) is 3.28. The molecular formula is C12H10F3N3S. The monoisotopic (exact) mass is 285 g/mol. The average Bonchev–Trinajstić information content (AvgIpc) is 2.33. The van der Waals surface area contributed by atoms with Gasteiger partial charge in [-0.15, -0.1) is 0 Å². The third kappa shape index (κ3) is 3.37. The van der Waals surface area contributed by atoms with Crippen molar-refractivity contribution in [3.8, 4) is 0 Å². The van der Waals surface area contributed by atoms with Crippen molar-refractivity contribution in [2.75, 3.05) is 5.73 Å². The molecule has 2 rings (SSSR count). The van der Waals surface area contributed by atoms with E-state index < -0.39 is 11.7 Å². The molecule has 2 aromatic rings. The molecule has 100 valence electrons. The largest absolute Gasteiger partial charge is 0.417 e. The van der Waals surface area contributed by atoms with Crippen molar-refractivity contribution in [3.63, 3.8) is 0 Å². The minimum atomic E-state index is -4.37. The number of aryl methyl sites for hydroxylation is 1. The van der Waals surface area contributed by atoms with Crippen molar-refractivity contribution < 1.29 is 13.2 Å². The van der Waals surface area contributed by atoms with Crippen molar-refractivity contribution in [1.29, 1.82) is 0 Å². The molecule has 0 amide bonds. The molecule has 3 nitrogen and oxygen atoms in total. The summed E-state index contributed by atoms with van der Waals surface area (Å²) in [6, 6.07) is 4.08. The van der Waals surface area contributed by atoms with Gasteiger partial charge in [-0.05, 0) is 30.7 Å². The molecule has 0 fully saturated rings. The highest BCUT2D eigenvalue weighted by Gasteiger charge is 2.30. The second-order valence-electron chi connectivity index (χ2n) is 3.86. The lowest BCUT2D eigenvalue weighted by Crippen LogP contribution is -2.05. The van der Waals surface area contributed by atoms with Crippen LogP contribution in [0.4, 0.5) is 18.9 Å². The Balaban J connectivity index is 2.17. The summed E-state index contributed by atoms with van der Waals surface area (Å²) in [5.74, 6) is 0. The molecule has 0 atom stereocenters. The van der Waals surface area contributed by atoms with Gasteiger partial charge in [-0.1, -0.05) is 11.8 Å². The van der Waals surface area contributed by atoms with Gasteiger partial charge in [0.2, 0.25) is 0 Å². The number of aromatic nitrogens is 2. The third-order valence-electron chi connectivity index (χ3n) is 2.40. The van der Waals surface area contributed by atoms with E-state index in [1.165, 1.54) is 24.0 Å². The summed E-state index contributed by atoms with van der Waals surface area (Å²) in [7, 11) is 0. The van der Waals surface area contributed by atoms with Crippen LogP contribution in [0.2, 0.25) is 0 Å². The standard InChI is InChI=1S/C12H10F3N3S/c1-7-4-11(18-6-9(7)16)19-10-3-2-8(5-17-10)12(13,14)15/h2-6H,16H2,1H3. The molecule has 0 aliphatic rings. The van der Waals surface area contributed by atoms with Crippen molar-refractivity contribution in [2.24, 2.45) is 0 Å². The van der Waals surface area contributed by atoms with E-state index in [0.29, 0.717) is 15.7 Å². The highest BCUT2D eigenvalue weighted by atomic mass is 32.2. The topological polar surface area (TPSA) is 51.8 Å². The number of anilines is 1. The number of nitrogen functional groups attached to an aromatic ring is 1. The minimum absolute atomic E-state index is 0.449. The molecule has 7 heteroatoms.